The lowest BCUT2D eigenvalue weighted by Crippen LogP contribution is -2.40. The summed E-state index contributed by atoms with van der Waals surface area (Å²) < 4.78 is 7.79. The summed E-state index contributed by atoms with van der Waals surface area (Å²) in [5.74, 6) is 0.869. The van der Waals surface area contributed by atoms with Crippen molar-refractivity contribution in [3.05, 3.63) is 30.0 Å². The van der Waals surface area contributed by atoms with E-state index in [1.807, 2.05) is 12.3 Å². The van der Waals surface area contributed by atoms with Gasteiger partial charge in [-0.3, -0.25) is 9.48 Å². The molecule has 1 saturated heterocycles. The van der Waals surface area contributed by atoms with Crippen molar-refractivity contribution in [1.82, 2.24) is 15.1 Å². The number of hydrogen-bond donors (Lipinski definition) is 2. The minimum Gasteiger partial charge on any atom is -0.495 e. The molecule has 2 fully saturated rings. The summed E-state index contributed by atoms with van der Waals surface area (Å²) in [5.41, 5.74) is 3.79. The number of ether oxygens (including phenoxy) is 1. The lowest BCUT2D eigenvalue weighted by atomic mass is 9.65. The van der Waals surface area contributed by atoms with Crippen LogP contribution in [0.3, 0.4) is 0 Å². The molecule has 1 aromatic heterocycles. The largest absolute Gasteiger partial charge is 0.495 e. The van der Waals surface area contributed by atoms with Gasteiger partial charge < -0.3 is 15.4 Å². The molecule has 136 valence electrons. The van der Waals surface area contributed by atoms with Gasteiger partial charge in [0.2, 0.25) is 5.91 Å². The van der Waals surface area contributed by atoms with Crippen molar-refractivity contribution in [2.24, 2.45) is 0 Å². The van der Waals surface area contributed by atoms with Gasteiger partial charge in [0, 0.05) is 11.8 Å². The maximum absolute atomic E-state index is 12.6. The van der Waals surface area contributed by atoms with Crippen LogP contribution in [0.1, 0.15) is 43.7 Å². The van der Waals surface area contributed by atoms with E-state index in [4.69, 9.17) is 4.74 Å². The summed E-state index contributed by atoms with van der Waals surface area (Å²) in [7, 11) is 1.67. The molecular weight excluding hydrogens is 328 g/mol. The number of fused-ring (bicyclic) bond motifs is 2. The predicted octanol–water partition coefficient (Wildman–Crippen LogP) is 2.86. The van der Waals surface area contributed by atoms with E-state index < -0.39 is 0 Å². The lowest BCUT2D eigenvalue weighted by molar-refractivity contribution is -0.123. The lowest BCUT2D eigenvalue weighted by Gasteiger charge is -2.36. The van der Waals surface area contributed by atoms with Crippen LogP contribution in [0.4, 0.5) is 5.69 Å². The Morgan fingerprint density at radius 2 is 2.08 bits per heavy atom. The Morgan fingerprint density at radius 1 is 1.27 bits per heavy atom. The highest BCUT2D eigenvalue weighted by Gasteiger charge is 2.52. The molecule has 2 aliphatic heterocycles. The van der Waals surface area contributed by atoms with Gasteiger partial charge in [-0.1, -0.05) is 6.42 Å². The molecule has 3 aliphatic rings. The van der Waals surface area contributed by atoms with E-state index in [1.54, 1.807) is 7.11 Å². The van der Waals surface area contributed by atoms with Crippen LogP contribution in [0.2, 0.25) is 0 Å². The van der Waals surface area contributed by atoms with Crippen LogP contribution in [0, 0.1) is 0 Å². The van der Waals surface area contributed by atoms with Gasteiger partial charge in [-0.05, 0) is 62.5 Å². The number of amides is 1. The van der Waals surface area contributed by atoms with E-state index >= 15 is 0 Å². The van der Waals surface area contributed by atoms with Crippen LogP contribution in [-0.4, -0.2) is 35.9 Å². The van der Waals surface area contributed by atoms with Gasteiger partial charge in [-0.2, -0.15) is 5.10 Å². The van der Waals surface area contributed by atoms with Gasteiger partial charge in [0.1, 0.15) is 5.75 Å². The normalized spacial score (nSPS) is 21.3. The van der Waals surface area contributed by atoms with Crippen molar-refractivity contribution in [1.29, 1.82) is 0 Å². The Bertz CT molecular complexity index is 863. The first kappa shape index (κ1) is 15.9. The standard InChI is InChI=1S/C20H24N4O2/c1-26-17-12-13(11-15-18(17)23-19(25)20(15)6-2-7-20)16-5-10-22-24(16)14-3-8-21-9-4-14/h5,10-12,14,21H,2-4,6-9H2,1H3,(H,23,25). The first-order chi connectivity index (χ1) is 12.7. The second kappa shape index (κ2) is 5.84. The number of carbonyl (C=O) groups excluding carboxylic acids is 1. The zero-order chi connectivity index (χ0) is 17.7. The van der Waals surface area contributed by atoms with E-state index in [0.29, 0.717) is 6.04 Å². The first-order valence-corrected chi connectivity index (χ1v) is 9.51. The summed E-state index contributed by atoms with van der Waals surface area (Å²) in [6.07, 6.45) is 6.99. The van der Waals surface area contributed by atoms with E-state index in [-0.39, 0.29) is 11.3 Å². The Labute approximate surface area is 152 Å². The highest BCUT2D eigenvalue weighted by atomic mass is 16.5. The van der Waals surface area contributed by atoms with Crippen LogP contribution in [0.25, 0.3) is 11.3 Å². The average molecular weight is 352 g/mol. The van der Waals surface area contributed by atoms with Crippen molar-refractivity contribution in [2.45, 2.75) is 43.6 Å². The molecule has 1 amide bonds. The quantitative estimate of drug-likeness (QED) is 0.891. The molecule has 6 heteroatoms. The molecule has 0 atom stereocenters. The maximum Gasteiger partial charge on any atom is 0.235 e. The van der Waals surface area contributed by atoms with Crippen LogP contribution in [0.15, 0.2) is 24.4 Å². The molecule has 5 rings (SSSR count). The summed E-state index contributed by atoms with van der Waals surface area (Å²) in [4.78, 5) is 12.6. The smallest absolute Gasteiger partial charge is 0.235 e. The third kappa shape index (κ3) is 2.14. The Morgan fingerprint density at radius 3 is 2.77 bits per heavy atom. The minimum absolute atomic E-state index is 0.126. The maximum atomic E-state index is 12.6. The van der Waals surface area contributed by atoms with Crippen molar-refractivity contribution in [2.75, 3.05) is 25.5 Å². The number of anilines is 1. The molecule has 1 aromatic carbocycles. The molecule has 6 nitrogen and oxygen atoms in total. The summed E-state index contributed by atoms with van der Waals surface area (Å²) >= 11 is 0. The van der Waals surface area contributed by atoms with Crippen LogP contribution in [-0.2, 0) is 10.2 Å². The molecule has 1 spiro atoms. The molecule has 3 heterocycles. The van der Waals surface area contributed by atoms with Gasteiger partial charge in [-0.15, -0.1) is 0 Å². The zero-order valence-electron chi connectivity index (χ0n) is 15.0. The van der Waals surface area contributed by atoms with Crippen LogP contribution in [0.5, 0.6) is 5.75 Å². The number of benzene rings is 1. The van der Waals surface area contributed by atoms with Gasteiger partial charge in [0.25, 0.3) is 0 Å². The van der Waals surface area contributed by atoms with Crippen LogP contribution >= 0.6 is 0 Å². The molecule has 2 aromatic rings. The van der Waals surface area contributed by atoms with Crippen LogP contribution < -0.4 is 15.4 Å². The summed E-state index contributed by atoms with van der Waals surface area (Å²) in [6.45, 7) is 2.05. The fourth-order valence-corrected chi connectivity index (χ4v) is 4.70. The average Bonchev–Trinajstić information content (AvgIpc) is 3.23. The zero-order valence-corrected chi connectivity index (χ0v) is 15.0. The molecule has 1 saturated carbocycles. The first-order valence-electron chi connectivity index (χ1n) is 9.51. The second-order valence-corrected chi connectivity index (χ2v) is 7.63. The molecule has 2 N–H and O–H groups in total. The minimum atomic E-state index is -0.349. The number of hydrogen-bond acceptors (Lipinski definition) is 4. The summed E-state index contributed by atoms with van der Waals surface area (Å²) in [6, 6.07) is 6.70. The van der Waals surface area contributed by atoms with E-state index in [9.17, 15) is 4.79 Å². The van der Waals surface area contributed by atoms with E-state index in [0.717, 1.165) is 73.5 Å². The second-order valence-electron chi connectivity index (χ2n) is 7.63. The van der Waals surface area contributed by atoms with Gasteiger partial charge in [0.15, 0.2) is 0 Å². The third-order valence-electron chi connectivity index (χ3n) is 6.34. The number of aromatic nitrogens is 2. The molecule has 1 aliphatic carbocycles. The molecule has 0 bridgehead atoms. The van der Waals surface area contributed by atoms with E-state index in [1.165, 1.54) is 0 Å². The van der Waals surface area contributed by atoms with Crippen molar-refractivity contribution in [3.63, 3.8) is 0 Å². The van der Waals surface area contributed by atoms with E-state index in [2.05, 4.69) is 32.5 Å². The highest BCUT2D eigenvalue weighted by molar-refractivity contribution is 6.08. The molecule has 26 heavy (non-hydrogen) atoms. The number of nitrogens with zero attached hydrogens (tertiary/aromatic N) is 2. The Kier molecular flexibility index (Phi) is 3.57. The fraction of sp³-hybridized carbons (Fsp3) is 0.500. The number of rotatable bonds is 3. The van der Waals surface area contributed by atoms with Crippen molar-refractivity contribution < 1.29 is 9.53 Å². The van der Waals surface area contributed by atoms with Crippen molar-refractivity contribution in [3.8, 4) is 17.0 Å². The fourth-order valence-electron chi connectivity index (χ4n) is 4.70. The van der Waals surface area contributed by atoms with Gasteiger partial charge in [-0.25, -0.2) is 0 Å². The van der Waals surface area contributed by atoms with Gasteiger partial charge >= 0.3 is 0 Å². The SMILES string of the molecule is COc1cc(-c2ccnn2C2CCNCC2)cc2c1NC(=O)C21CCC1. The topological polar surface area (TPSA) is 68.2 Å². The number of carbonyl (C=O) groups is 1. The van der Waals surface area contributed by atoms with Gasteiger partial charge in [0.05, 0.1) is 29.9 Å². The molecule has 0 radical (unpaired) electrons. The monoisotopic (exact) mass is 352 g/mol. The molecular formula is C20H24N4O2. The Balaban J connectivity index is 1.62. The summed E-state index contributed by atoms with van der Waals surface area (Å²) in [5, 5.41) is 11.1. The molecule has 0 unspecified atom stereocenters. The van der Waals surface area contributed by atoms with Crippen molar-refractivity contribution >= 4 is 11.6 Å². The predicted molar refractivity (Wildman–Crippen MR) is 99.5 cm³/mol. The number of piperidine rings is 1. The highest BCUT2D eigenvalue weighted by Crippen LogP contribution is 2.54. The number of methoxy groups -OCH3 is 1. The number of nitrogens with one attached hydrogen (secondary N) is 2. The third-order valence-corrected chi connectivity index (χ3v) is 6.34. The Hall–Kier alpha value is -2.34.